The molecular weight excluding hydrogens is 729 g/mol. The number of hydrogen-bond donors (Lipinski definition) is 0. The molecule has 7 aromatic carbocycles. The van der Waals surface area contributed by atoms with Crippen molar-refractivity contribution in [3.63, 3.8) is 0 Å². The number of aryl methyl sites for hydroxylation is 1. The Labute approximate surface area is 352 Å². The van der Waals surface area contributed by atoms with Gasteiger partial charge in [-0.2, -0.15) is 4.57 Å². The first-order valence-electron chi connectivity index (χ1n) is 21.2. The van der Waals surface area contributed by atoms with Gasteiger partial charge in [-0.25, -0.2) is 9.55 Å². The van der Waals surface area contributed by atoms with Crippen molar-refractivity contribution in [2.45, 2.75) is 44.9 Å². The van der Waals surface area contributed by atoms with Crippen LogP contribution in [-0.2, 0) is 12.5 Å². The number of hydrogen-bond acceptors (Lipinski definition) is 1. The summed E-state index contributed by atoms with van der Waals surface area (Å²) in [6.45, 7) is 9.17. The molecule has 292 valence electrons. The van der Waals surface area contributed by atoms with Gasteiger partial charge in [0.15, 0.2) is 11.0 Å². The van der Waals surface area contributed by atoms with E-state index in [0.29, 0.717) is 11.8 Å². The number of rotatable bonds is 9. The van der Waals surface area contributed by atoms with Crippen LogP contribution in [0, 0.1) is 0 Å². The van der Waals surface area contributed by atoms with Crippen molar-refractivity contribution < 1.29 is 4.57 Å². The van der Waals surface area contributed by atoms with Gasteiger partial charge in [-0.1, -0.05) is 161 Å². The van der Waals surface area contributed by atoms with E-state index in [4.69, 9.17) is 4.98 Å². The van der Waals surface area contributed by atoms with Crippen molar-refractivity contribution >= 4 is 32.8 Å². The number of para-hydroxylation sites is 3. The first-order valence-corrected chi connectivity index (χ1v) is 21.2. The molecule has 0 radical (unpaired) electrons. The van der Waals surface area contributed by atoms with Gasteiger partial charge in [0.2, 0.25) is 6.33 Å². The van der Waals surface area contributed by atoms with E-state index in [0.717, 1.165) is 22.5 Å². The zero-order valence-corrected chi connectivity index (χ0v) is 34.9. The molecule has 0 saturated heterocycles. The molecule has 3 aromatic heterocycles. The van der Waals surface area contributed by atoms with E-state index in [2.05, 4.69) is 237 Å². The van der Waals surface area contributed by atoms with Crippen LogP contribution in [0.1, 0.15) is 72.9 Å². The molecule has 4 heteroatoms. The summed E-state index contributed by atoms with van der Waals surface area (Å²) in [5.74, 6) is 1.67. The summed E-state index contributed by atoms with van der Waals surface area (Å²) in [5.41, 5.74) is 15.1. The Morgan fingerprint density at radius 2 is 1.08 bits per heavy atom. The van der Waals surface area contributed by atoms with Crippen molar-refractivity contribution in [1.29, 1.82) is 0 Å². The third-order valence-corrected chi connectivity index (χ3v) is 12.5. The molecule has 0 N–H and O–H groups in total. The summed E-state index contributed by atoms with van der Waals surface area (Å²) in [5, 5.41) is 2.40. The predicted octanol–water partition coefficient (Wildman–Crippen LogP) is 13.2. The van der Waals surface area contributed by atoms with Crippen LogP contribution in [0.15, 0.2) is 195 Å². The normalized spacial score (nSPS) is 12.1. The average Bonchev–Trinajstić information content (AvgIpc) is 3.81. The highest BCUT2D eigenvalue weighted by atomic mass is 15.1. The second-order valence-corrected chi connectivity index (χ2v) is 16.7. The maximum absolute atomic E-state index is 5.15. The third-order valence-electron chi connectivity index (χ3n) is 12.5. The summed E-state index contributed by atoms with van der Waals surface area (Å²) < 4.78 is 6.89. The molecule has 10 aromatic rings. The lowest BCUT2D eigenvalue weighted by molar-refractivity contribution is -0.645. The molecule has 0 unspecified atom stereocenters. The molecule has 0 spiro atoms. The van der Waals surface area contributed by atoms with Crippen LogP contribution in [0.25, 0.3) is 55.5 Å². The zero-order chi connectivity index (χ0) is 41.0. The fraction of sp³-hybridized carbons (Fsp3) is 0.143. The smallest absolute Gasteiger partial charge is 0.249 e. The van der Waals surface area contributed by atoms with Gasteiger partial charge in [0, 0.05) is 17.0 Å². The van der Waals surface area contributed by atoms with Crippen molar-refractivity contribution in [3.8, 4) is 22.6 Å². The highest BCUT2D eigenvalue weighted by Gasteiger charge is 2.39. The van der Waals surface area contributed by atoms with Gasteiger partial charge in [0.1, 0.15) is 11.5 Å². The summed E-state index contributed by atoms with van der Waals surface area (Å²) >= 11 is 0. The maximum atomic E-state index is 5.15. The molecule has 0 aliphatic heterocycles. The summed E-state index contributed by atoms with van der Waals surface area (Å²) in [4.78, 5) is 5.15. The molecule has 4 nitrogen and oxygen atoms in total. The first kappa shape index (κ1) is 37.2. The molecule has 0 bridgehead atoms. The van der Waals surface area contributed by atoms with Gasteiger partial charge in [-0.15, -0.1) is 0 Å². The van der Waals surface area contributed by atoms with Gasteiger partial charge in [-0.3, -0.25) is 4.57 Å². The Balaban J connectivity index is 1.26. The van der Waals surface area contributed by atoms with Crippen LogP contribution in [0.5, 0.6) is 0 Å². The van der Waals surface area contributed by atoms with Crippen LogP contribution in [-0.4, -0.2) is 14.1 Å². The van der Waals surface area contributed by atoms with Crippen molar-refractivity contribution in [3.05, 3.63) is 228 Å². The SMILES string of the molecule is CC(C)c1cccc(C(C)C)c1-c1ccnc(-n2c3ccccc3c3ccc(C(c4ccccc4)(c4ccccc4)c4cccc(-n5c[n+](C)c6ccccc65)c4)cc32)c1. The Morgan fingerprint density at radius 1 is 0.500 bits per heavy atom. The fourth-order valence-corrected chi connectivity index (χ4v) is 9.77. The number of pyridine rings is 1. The van der Waals surface area contributed by atoms with E-state index >= 15 is 0 Å². The van der Waals surface area contributed by atoms with E-state index in [1.165, 1.54) is 66.3 Å². The lowest BCUT2D eigenvalue weighted by Gasteiger charge is -2.37. The minimum absolute atomic E-state index is 0.382. The Kier molecular flexibility index (Phi) is 9.29. The minimum atomic E-state index is -0.670. The van der Waals surface area contributed by atoms with Crippen molar-refractivity contribution in [1.82, 2.24) is 14.1 Å². The maximum Gasteiger partial charge on any atom is 0.249 e. The topological polar surface area (TPSA) is 26.6 Å². The minimum Gasteiger partial charge on any atom is -0.294 e. The number of imidazole rings is 1. The Bertz CT molecular complexity index is 3100. The second kappa shape index (κ2) is 15.0. The second-order valence-electron chi connectivity index (χ2n) is 16.7. The molecule has 0 atom stereocenters. The number of nitrogens with zero attached hydrogens (tertiary/aromatic N) is 4. The summed E-state index contributed by atoms with van der Waals surface area (Å²) in [6, 6.07) is 66.9. The Morgan fingerprint density at radius 3 is 1.78 bits per heavy atom. The number of fused-ring (bicyclic) bond motifs is 4. The lowest BCUT2D eigenvalue weighted by Crippen LogP contribution is -2.31. The zero-order valence-electron chi connectivity index (χ0n) is 34.9. The molecule has 0 saturated carbocycles. The van der Waals surface area contributed by atoms with Gasteiger partial charge in [-0.05, 0) is 105 Å². The van der Waals surface area contributed by atoms with Crippen LogP contribution >= 0.6 is 0 Å². The van der Waals surface area contributed by atoms with Crippen LogP contribution < -0.4 is 4.57 Å². The standard InChI is InChI=1S/C56H49N4/c1-38(2)46-25-17-26-47(39(3)4)55(46)40-32-33-57-54(34-40)60-50-27-13-12-24-48(50)49-31-30-44(36-53(49)60)56(41-18-8-6-9-19-41,42-20-10-7-11-21-42)43-22-16-23-45(35-43)59-37-58(5)51-28-14-15-29-52(51)59/h6-39H,1-5H3/q+1. The number of benzene rings is 7. The monoisotopic (exact) mass is 777 g/mol. The van der Waals surface area contributed by atoms with Crippen LogP contribution in [0.2, 0.25) is 0 Å². The molecule has 3 heterocycles. The van der Waals surface area contributed by atoms with Crippen molar-refractivity contribution in [2.75, 3.05) is 0 Å². The highest BCUT2D eigenvalue weighted by molar-refractivity contribution is 6.09. The quantitative estimate of drug-likeness (QED) is 0.106. The summed E-state index contributed by atoms with van der Waals surface area (Å²) in [7, 11) is 2.12. The van der Waals surface area contributed by atoms with Gasteiger partial charge < -0.3 is 0 Å². The third kappa shape index (κ3) is 5.97. The molecule has 0 aliphatic carbocycles. The lowest BCUT2D eigenvalue weighted by atomic mass is 9.65. The van der Waals surface area contributed by atoms with E-state index in [-0.39, 0.29) is 0 Å². The summed E-state index contributed by atoms with van der Waals surface area (Å²) in [6.07, 6.45) is 4.18. The fourth-order valence-electron chi connectivity index (χ4n) is 9.77. The average molecular weight is 778 g/mol. The van der Waals surface area contributed by atoms with Crippen LogP contribution in [0.3, 0.4) is 0 Å². The van der Waals surface area contributed by atoms with Gasteiger partial charge in [0.05, 0.1) is 23.5 Å². The largest absolute Gasteiger partial charge is 0.294 e. The molecule has 60 heavy (non-hydrogen) atoms. The van der Waals surface area contributed by atoms with E-state index < -0.39 is 5.41 Å². The molecule has 0 fully saturated rings. The Hall–Kier alpha value is -7.04. The van der Waals surface area contributed by atoms with Gasteiger partial charge in [0.25, 0.3) is 0 Å². The van der Waals surface area contributed by atoms with Gasteiger partial charge >= 0.3 is 0 Å². The molecule has 10 rings (SSSR count). The highest BCUT2D eigenvalue weighted by Crippen LogP contribution is 2.47. The first-order chi connectivity index (χ1) is 29.3. The number of aromatic nitrogens is 4. The van der Waals surface area contributed by atoms with Crippen molar-refractivity contribution in [2.24, 2.45) is 7.05 Å². The van der Waals surface area contributed by atoms with Crippen LogP contribution in [0.4, 0.5) is 0 Å². The molecule has 0 amide bonds. The van der Waals surface area contributed by atoms with E-state index in [9.17, 15) is 0 Å². The van der Waals surface area contributed by atoms with E-state index in [1.807, 2.05) is 6.20 Å². The molecular formula is C56H49N4+. The predicted molar refractivity (Wildman–Crippen MR) is 249 cm³/mol. The molecule has 0 aliphatic rings. The van der Waals surface area contributed by atoms with E-state index in [1.54, 1.807) is 0 Å².